The summed E-state index contributed by atoms with van der Waals surface area (Å²) >= 11 is 0. The molecule has 2 fully saturated rings. The molecule has 4 rings (SSSR count). The fraction of sp³-hybridized carbons (Fsp3) is 0.485. The molecule has 0 saturated carbocycles. The van der Waals surface area contributed by atoms with E-state index in [1.807, 2.05) is 61.5 Å². The van der Waals surface area contributed by atoms with Crippen molar-refractivity contribution >= 4 is 29.5 Å². The number of rotatable bonds is 13. The predicted octanol–water partition coefficient (Wildman–Crippen LogP) is 2.26. The fourth-order valence-electron chi connectivity index (χ4n) is 6.06. The zero-order valence-corrected chi connectivity index (χ0v) is 24.7. The molecule has 3 amide bonds. The van der Waals surface area contributed by atoms with Crippen LogP contribution in [0.25, 0.3) is 0 Å². The van der Waals surface area contributed by atoms with Gasteiger partial charge in [0.25, 0.3) is 0 Å². The highest BCUT2D eigenvalue weighted by Crippen LogP contribution is 2.26. The lowest BCUT2D eigenvalue weighted by molar-refractivity contribution is -0.147. The van der Waals surface area contributed by atoms with Crippen molar-refractivity contribution in [3.8, 4) is 0 Å². The number of ketones is 1. The second-order valence-corrected chi connectivity index (χ2v) is 11.6. The van der Waals surface area contributed by atoms with Crippen molar-refractivity contribution in [1.29, 1.82) is 0 Å². The van der Waals surface area contributed by atoms with E-state index in [1.54, 1.807) is 9.80 Å². The number of hydrogen-bond donors (Lipinski definition) is 3. The zero-order valence-electron chi connectivity index (χ0n) is 24.7. The van der Waals surface area contributed by atoms with Crippen molar-refractivity contribution in [3.05, 3.63) is 71.3 Å². The standard InChI is InChI=1S/C33H42N4O6/c1-2-26(38)19-24-14-12-23(13-15-24)18-25(21-30(39)40)35-31(41)28-10-6-16-36(28)33(43)29-11-7-17-37(29)32(42)27(34)20-22-8-4-3-5-9-22/h3-5,8-9,12-15,25,27-29H,2,6-7,10-11,16-21,34H2,1H3,(H,35,41)(H,39,40)/t25-,27-,28-,29-/m0/s1. The van der Waals surface area contributed by atoms with Crippen LogP contribution in [0.15, 0.2) is 54.6 Å². The number of likely N-dealkylation sites (tertiary alicyclic amines) is 2. The molecular formula is C33H42N4O6. The highest BCUT2D eigenvalue weighted by molar-refractivity contribution is 5.94. The summed E-state index contributed by atoms with van der Waals surface area (Å²) in [6, 6.07) is 14.0. The molecule has 0 bridgehead atoms. The van der Waals surface area contributed by atoms with Gasteiger partial charge in [-0.1, -0.05) is 61.5 Å². The summed E-state index contributed by atoms with van der Waals surface area (Å²) in [5.74, 6) is -1.82. The zero-order chi connectivity index (χ0) is 30.9. The molecular weight excluding hydrogens is 548 g/mol. The van der Waals surface area contributed by atoms with Crippen molar-refractivity contribution in [1.82, 2.24) is 15.1 Å². The Bertz CT molecular complexity index is 1300. The Labute approximate surface area is 252 Å². The number of carboxylic acid groups (broad SMARTS) is 1. The average molecular weight is 591 g/mol. The minimum absolute atomic E-state index is 0.138. The molecule has 10 nitrogen and oxygen atoms in total. The van der Waals surface area contributed by atoms with E-state index in [0.717, 1.165) is 16.7 Å². The average Bonchev–Trinajstić information content (AvgIpc) is 3.68. The lowest BCUT2D eigenvalue weighted by Crippen LogP contribution is -2.56. The van der Waals surface area contributed by atoms with E-state index >= 15 is 0 Å². The molecule has 2 aromatic carbocycles. The van der Waals surface area contributed by atoms with E-state index in [9.17, 15) is 29.1 Å². The molecule has 2 aliphatic rings. The summed E-state index contributed by atoms with van der Waals surface area (Å²) in [6.45, 7) is 2.66. The van der Waals surface area contributed by atoms with Gasteiger partial charge >= 0.3 is 5.97 Å². The topological polar surface area (TPSA) is 150 Å². The molecule has 230 valence electrons. The minimum Gasteiger partial charge on any atom is -0.481 e. The molecule has 0 aromatic heterocycles. The van der Waals surface area contributed by atoms with Crippen LogP contribution >= 0.6 is 0 Å². The van der Waals surface area contributed by atoms with Crippen LogP contribution in [0, 0.1) is 0 Å². The molecule has 2 heterocycles. The number of aliphatic carboxylic acids is 1. The molecule has 4 N–H and O–H groups in total. The highest BCUT2D eigenvalue weighted by atomic mass is 16.4. The largest absolute Gasteiger partial charge is 0.481 e. The van der Waals surface area contributed by atoms with Gasteiger partial charge in [-0.15, -0.1) is 0 Å². The highest BCUT2D eigenvalue weighted by Gasteiger charge is 2.43. The van der Waals surface area contributed by atoms with Gasteiger partial charge in [-0.3, -0.25) is 24.0 Å². The maximum Gasteiger partial charge on any atom is 0.305 e. The number of amides is 3. The van der Waals surface area contributed by atoms with Crippen LogP contribution in [0.3, 0.4) is 0 Å². The lowest BCUT2D eigenvalue weighted by atomic mass is 9.99. The van der Waals surface area contributed by atoms with Gasteiger partial charge in [0, 0.05) is 32.0 Å². The van der Waals surface area contributed by atoms with E-state index in [0.29, 0.717) is 64.5 Å². The second kappa shape index (κ2) is 14.9. The molecule has 2 saturated heterocycles. The Morgan fingerprint density at radius 3 is 2.12 bits per heavy atom. The smallest absolute Gasteiger partial charge is 0.305 e. The number of Topliss-reactive ketones (excluding diaryl/α,β-unsaturated/α-hetero) is 1. The Kier molecular flexibility index (Phi) is 11.1. The number of benzene rings is 2. The van der Waals surface area contributed by atoms with E-state index in [2.05, 4.69) is 5.32 Å². The Morgan fingerprint density at radius 1 is 0.860 bits per heavy atom. The van der Waals surface area contributed by atoms with E-state index < -0.39 is 30.1 Å². The SMILES string of the molecule is CCC(=O)Cc1ccc(C[C@@H](CC(=O)O)NC(=O)[C@@H]2CCCN2C(=O)[C@@H]2CCCN2C(=O)[C@@H](N)Cc2ccccc2)cc1. The molecule has 43 heavy (non-hydrogen) atoms. The molecule has 10 heteroatoms. The third-order valence-corrected chi connectivity index (χ3v) is 8.34. The lowest BCUT2D eigenvalue weighted by Gasteiger charge is -2.32. The second-order valence-electron chi connectivity index (χ2n) is 11.6. The maximum atomic E-state index is 13.7. The Balaban J connectivity index is 1.39. The van der Waals surface area contributed by atoms with Crippen molar-refractivity contribution in [2.24, 2.45) is 5.73 Å². The van der Waals surface area contributed by atoms with Gasteiger partial charge in [0.2, 0.25) is 17.7 Å². The normalized spacial score (nSPS) is 19.6. The Hall–Kier alpha value is -4.05. The van der Waals surface area contributed by atoms with Crippen LogP contribution in [0.4, 0.5) is 0 Å². The van der Waals surface area contributed by atoms with E-state index in [1.165, 1.54) is 0 Å². The number of carbonyl (C=O) groups is 5. The summed E-state index contributed by atoms with van der Waals surface area (Å²) in [7, 11) is 0. The molecule has 0 spiro atoms. The van der Waals surface area contributed by atoms with Crippen LogP contribution < -0.4 is 11.1 Å². The monoisotopic (exact) mass is 590 g/mol. The van der Waals surface area contributed by atoms with Crippen LogP contribution in [0.1, 0.15) is 62.1 Å². The van der Waals surface area contributed by atoms with Gasteiger partial charge in [-0.05, 0) is 55.2 Å². The van der Waals surface area contributed by atoms with Crippen LogP contribution in [-0.2, 0) is 43.2 Å². The molecule has 0 aliphatic carbocycles. The first-order chi connectivity index (χ1) is 20.7. The van der Waals surface area contributed by atoms with Crippen molar-refractivity contribution in [2.45, 2.75) is 88.9 Å². The van der Waals surface area contributed by atoms with Crippen molar-refractivity contribution < 1.29 is 29.1 Å². The van der Waals surface area contributed by atoms with Gasteiger partial charge in [0.05, 0.1) is 12.5 Å². The first-order valence-electron chi connectivity index (χ1n) is 15.2. The van der Waals surface area contributed by atoms with Gasteiger partial charge in [-0.2, -0.15) is 0 Å². The van der Waals surface area contributed by atoms with Crippen LogP contribution in [0.2, 0.25) is 0 Å². The summed E-state index contributed by atoms with van der Waals surface area (Å²) in [4.78, 5) is 67.0. The summed E-state index contributed by atoms with van der Waals surface area (Å²) in [5, 5.41) is 12.4. The van der Waals surface area contributed by atoms with E-state index in [4.69, 9.17) is 5.73 Å². The fourth-order valence-corrected chi connectivity index (χ4v) is 6.06. The predicted molar refractivity (Wildman–Crippen MR) is 161 cm³/mol. The number of nitrogens with two attached hydrogens (primary N) is 1. The maximum absolute atomic E-state index is 13.7. The number of nitrogens with one attached hydrogen (secondary N) is 1. The van der Waals surface area contributed by atoms with Gasteiger partial charge < -0.3 is 26.0 Å². The summed E-state index contributed by atoms with van der Waals surface area (Å²) in [6.07, 6.45) is 3.50. The van der Waals surface area contributed by atoms with Crippen LogP contribution in [0.5, 0.6) is 0 Å². The van der Waals surface area contributed by atoms with Crippen molar-refractivity contribution in [2.75, 3.05) is 13.1 Å². The third-order valence-electron chi connectivity index (χ3n) is 8.34. The minimum atomic E-state index is -1.04. The molecule has 0 radical (unpaired) electrons. The molecule has 4 atom stereocenters. The van der Waals surface area contributed by atoms with E-state index in [-0.39, 0.29) is 29.9 Å². The number of nitrogens with zero attached hydrogens (tertiary/aromatic N) is 2. The van der Waals surface area contributed by atoms with Gasteiger partial charge in [0.15, 0.2) is 0 Å². The summed E-state index contributed by atoms with van der Waals surface area (Å²) in [5.41, 5.74) is 8.94. The summed E-state index contributed by atoms with van der Waals surface area (Å²) < 4.78 is 0. The van der Waals surface area contributed by atoms with Gasteiger partial charge in [-0.25, -0.2) is 0 Å². The van der Waals surface area contributed by atoms with Crippen LogP contribution in [-0.4, -0.2) is 81.6 Å². The number of hydrogen-bond acceptors (Lipinski definition) is 6. The molecule has 2 aliphatic heterocycles. The first kappa shape index (κ1) is 31.9. The number of carboxylic acids is 1. The number of carbonyl (C=O) groups excluding carboxylic acids is 4. The Morgan fingerprint density at radius 2 is 1.47 bits per heavy atom. The third kappa shape index (κ3) is 8.50. The quantitative estimate of drug-likeness (QED) is 0.324. The first-order valence-corrected chi connectivity index (χ1v) is 15.2. The van der Waals surface area contributed by atoms with Gasteiger partial charge in [0.1, 0.15) is 17.9 Å². The molecule has 0 unspecified atom stereocenters. The van der Waals surface area contributed by atoms with Crippen molar-refractivity contribution in [3.63, 3.8) is 0 Å². The molecule has 2 aromatic rings.